The Morgan fingerprint density at radius 1 is 1.10 bits per heavy atom. The number of benzene rings is 2. The lowest BCUT2D eigenvalue weighted by Crippen LogP contribution is -2.30. The fourth-order valence-corrected chi connectivity index (χ4v) is 5.21. The van der Waals surface area contributed by atoms with Crippen molar-refractivity contribution in [1.82, 2.24) is 14.9 Å². The smallest absolute Gasteiger partial charge is 0.335 e. The number of aromatic carboxylic acids is 1. The molecule has 5 rings (SSSR count). The first-order valence-corrected chi connectivity index (χ1v) is 12.8. The van der Waals surface area contributed by atoms with Gasteiger partial charge in [-0.2, -0.15) is 0 Å². The lowest BCUT2D eigenvalue weighted by atomic mass is 10.0. The second-order valence-corrected chi connectivity index (χ2v) is 9.59. The molecule has 3 N–H and O–H groups in total. The van der Waals surface area contributed by atoms with E-state index in [0.717, 1.165) is 22.8 Å². The number of amides is 1. The summed E-state index contributed by atoms with van der Waals surface area (Å²) in [5.74, 6) is -1.30. The highest BCUT2D eigenvalue weighted by atomic mass is 35.5. The molecule has 2 aromatic heterocycles. The number of hydrogen-bond acceptors (Lipinski definition) is 5. The van der Waals surface area contributed by atoms with Gasteiger partial charge in [0.15, 0.2) is 5.11 Å². The molecule has 11 heteroatoms. The molecule has 0 aliphatic carbocycles. The van der Waals surface area contributed by atoms with E-state index in [2.05, 4.69) is 15.6 Å². The minimum Gasteiger partial charge on any atom is -0.478 e. The summed E-state index contributed by atoms with van der Waals surface area (Å²) in [5.41, 5.74) is 3.88. The summed E-state index contributed by atoms with van der Waals surface area (Å²) >= 11 is 12.4. The number of aromatic nitrogens is 2. The Labute approximate surface area is 235 Å². The van der Waals surface area contributed by atoms with Gasteiger partial charge in [0.2, 0.25) is 5.91 Å². The molecule has 1 saturated heterocycles. The Bertz CT molecular complexity index is 1530. The third kappa shape index (κ3) is 5.35. The highest BCUT2D eigenvalue weighted by Gasteiger charge is 2.42. The molecule has 9 nitrogen and oxygen atoms in total. The van der Waals surface area contributed by atoms with E-state index in [1.54, 1.807) is 42.6 Å². The molecule has 2 atom stereocenters. The molecule has 3 heterocycles. The highest BCUT2D eigenvalue weighted by molar-refractivity contribution is 7.80. The fourth-order valence-electron chi connectivity index (χ4n) is 4.64. The quantitative estimate of drug-likeness (QED) is 0.258. The predicted molar refractivity (Wildman–Crippen MR) is 153 cm³/mol. The van der Waals surface area contributed by atoms with Gasteiger partial charge >= 0.3 is 5.97 Å². The number of ether oxygens (including phenoxy) is 1. The van der Waals surface area contributed by atoms with Crippen LogP contribution in [0.1, 0.15) is 33.8 Å². The number of carbonyl (C=O) groups is 2. The molecule has 4 aromatic rings. The van der Waals surface area contributed by atoms with Crippen molar-refractivity contribution in [2.45, 2.75) is 12.1 Å². The molecule has 0 radical (unpaired) electrons. The van der Waals surface area contributed by atoms with E-state index in [4.69, 9.17) is 28.6 Å². The maximum atomic E-state index is 12.0. The van der Waals surface area contributed by atoms with Crippen molar-refractivity contribution in [1.29, 1.82) is 0 Å². The second-order valence-electron chi connectivity index (χ2n) is 8.80. The minimum absolute atomic E-state index is 0.0868. The highest BCUT2D eigenvalue weighted by Crippen LogP contribution is 2.43. The van der Waals surface area contributed by atoms with Crippen molar-refractivity contribution in [2.24, 2.45) is 0 Å². The Balaban J connectivity index is 1.58. The number of methoxy groups -OCH3 is 1. The standard InChI is InChI=1S/C28H24ClN5O4S/c1-38-16-24(35)31-21-12-11-19(15-20(21)29)34-26(25(32-28(34)39)22-5-2-3-13-30-22)23-6-4-14-33(23)18-9-7-17(8-10-18)27(36)37/h2-15,25-26H,16H2,1H3,(H,31,35)(H,32,39)(H,36,37)/t25-,26+/m1/s1. The number of hydrogen-bond donors (Lipinski definition) is 3. The number of carbonyl (C=O) groups excluding carboxylic acids is 1. The van der Waals surface area contributed by atoms with Crippen molar-refractivity contribution in [2.75, 3.05) is 23.9 Å². The van der Waals surface area contributed by atoms with Crippen LogP contribution in [0.2, 0.25) is 5.02 Å². The van der Waals surface area contributed by atoms with Gasteiger partial charge in [0, 0.05) is 36.6 Å². The van der Waals surface area contributed by atoms with Crippen LogP contribution in [0.15, 0.2) is 85.2 Å². The van der Waals surface area contributed by atoms with Crippen molar-refractivity contribution >= 4 is 52.2 Å². The first-order chi connectivity index (χ1) is 18.9. The van der Waals surface area contributed by atoms with Crippen LogP contribution in [0, 0.1) is 0 Å². The van der Waals surface area contributed by atoms with Crippen LogP contribution in [-0.2, 0) is 9.53 Å². The summed E-state index contributed by atoms with van der Waals surface area (Å²) in [7, 11) is 1.44. The number of carboxylic acids is 1. The lowest BCUT2D eigenvalue weighted by Gasteiger charge is -2.29. The summed E-state index contributed by atoms with van der Waals surface area (Å²) < 4.78 is 6.88. The van der Waals surface area contributed by atoms with E-state index >= 15 is 0 Å². The van der Waals surface area contributed by atoms with Gasteiger partial charge in [-0.25, -0.2) is 4.79 Å². The number of pyridine rings is 1. The summed E-state index contributed by atoms with van der Waals surface area (Å²) in [5, 5.41) is 16.3. The van der Waals surface area contributed by atoms with E-state index in [1.165, 1.54) is 7.11 Å². The molecule has 0 spiro atoms. The van der Waals surface area contributed by atoms with E-state index in [1.807, 2.05) is 52.1 Å². The zero-order chi connectivity index (χ0) is 27.5. The Morgan fingerprint density at radius 2 is 1.87 bits per heavy atom. The molecule has 2 aromatic carbocycles. The number of anilines is 2. The third-order valence-electron chi connectivity index (χ3n) is 6.35. The van der Waals surface area contributed by atoms with Gasteiger partial charge in [-0.15, -0.1) is 0 Å². The summed E-state index contributed by atoms with van der Waals surface area (Å²) in [6.45, 7) is -0.0868. The van der Waals surface area contributed by atoms with Crippen LogP contribution in [0.25, 0.3) is 5.69 Å². The maximum Gasteiger partial charge on any atom is 0.335 e. The molecule has 39 heavy (non-hydrogen) atoms. The molecule has 0 unspecified atom stereocenters. The van der Waals surface area contributed by atoms with Crippen LogP contribution < -0.4 is 15.5 Å². The third-order valence-corrected chi connectivity index (χ3v) is 6.98. The fraction of sp³-hybridized carbons (Fsp3) is 0.143. The molecule has 1 aliphatic rings. The second kappa shape index (κ2) is 11.2. The normalized spacial score (nSPS) is 16.7. The number of thiocarbonyl (C=S) groups is 1. The molecule has 1 amide bonds. The summed E-state index contributed by atoms with van der Waals surface area (Å²) in [4.78, 5) is 29.9. The first kappa shape index (κ1) is 26.4. The van der Waals surface area contributed by atoms with Crippen LogP contribution in [0.4, 0.5) is 11.4 Å². The van der Waals surface area contributed by atoms with Gasteiger partial charge in [0.1, 0.15) is 12.6 Å². The average molecular weight is 562 g/mol. The number of nitrogens with one attached hydrogen (secondary N) is 2. The predicted octanol–water partition coefficient (Wildman–Crippen LogP) is 4.99. The van der Waals surface area contributed by atoms with Crippen LogP contribution >= 0.6 is 23.8 Å². The molecule has 0 bridgehead atoms. The average Bonchev–Trinajstić information content (AvgIpc) is 3.55. The molecule has 1 fully saturated rings. The molecular formula is C28H24ClN5O4S. The Hall–Kier alpha value is -4.25. The Morgan fingerprint density at radius 3 is 2.54 bits per heavy atom. The van der Waals surface area contributed by atoms with Gasteiger partial charge in [-0.1, -0.05) is 17.7 Å². The largest absolute Gasteiger partial charge is 0.478 e. The number of nitrogens with zero attached hydrogens (tertiary/aromatic N) is 3. The number of carboxylic acid groups (broad SMARTS) is 1. The topological polar surface area (TPSA) is 109 Å². The van der Waals surface area contributed by atoms with Crippen molar-refractivity contribution in [3.63, 3.8) is 0 Å². The Kier molecular flexibility index (Phi) is 7.60. The minimum atomic E-state index is -0.986. The van der Waals surface area contributed by atoms with Gasteiger partial charge < -0.3 is 29.9 Å². The van der Waals surface area contributed by atoms with Crippen LogP contribution in [-0.4, -0.2) is 45.4 Å². The van der Waals surface area contributed by atoms with E-state index < -0.39 is 5.97 Å². The molecular weight excluding hydrogens is 538 g/mol. The monoisotopic (exact) mass is 561 g/mol. The zero-order valence-corrected chi connectivity index (χ0v) is 22.3. The first-order valence-electron chi connectivity index (χ1n) is 12.0. The van der Waals surface area contributed by atoms with Gasteiger partial charge in [0.25, 0.3) is 0 Å². The van der Waals surface area contributed by atoms with Gasteiger partial charge in [-0.05, 0) is 78.9 Å². The van der Waals surface area contributed by atoms with Gasteiger partial charge in [0.05, 0.1) is 28.0 Å². The van der Waals surface area contributed by atoms with Crippen LogP contribution in [0.3, 0.4) is 0 Å². The van der Waals surface area contributed by atoms with E-state index in [9.17, 15) is 14.7 Å². The van der Waals surface area contributed by atoms with Crippen molar-refractivity contribution < 1.29 is 19.4 Å². The summed E-state index contributed by atoms with van der Waals surface area (Å²) in [6, 6.07) is 21.0. The van der Waals surface area contributed by atoms with E-state index in [-0.39, 0.29) is 30.2 Å². The summed E-state index contributed by atoms with van der Waals surface area (Å²) in [6.07, 6.45) is 3.65. The molecule has 0 saturated carbocycles. The van der Waals surface area contributed by atoms with Crippen LogP contribution in [0.5, 0.6) is 0 Å². The van der Waals surface area contributed by atoms with Crippen molar-refractivity contribution in [3.05, 3.63) is 107 Å². The molecule has 1 aliphatic heterocycles. The number of rotatable bonds is 8. The van der Waals surface area contributed by atoms with E-state index in [0.29, 0.717) is 15.8 Å². The SMILES string of the molecule is COCC(=O)Nc1ccc(N2C(=S)N[C@H](c3ccccn3)[C@@H]2c2cccn2-c2ccc(C(=O)O)cc2)cc1Cl. The van der Waals surface area contributed by atoms with Crippen molar-refractivity contribution in [3.8, 4) is 5.69 Å². The van der Waals surface area contributed by atoms with Gasteiger partial charge in [-0.3, -0.25) is 9.78 Å². The zero-order valence-electron chi connectivity index (χ0n) is 20.7. The number of halogens is 1. The lowest BCUT2D eigenvalue weighted by molar-refractivity contribution is -0.119. The maximum absolute atomic E-state index is 12.0. The molecule has 198 valence electrons.